The minimum Gasteiger partial charge on any atom is -0.353 e. The summed E-state index contributed by atoms with van der Waals surface area (Å²) in [6, 6.07) is 9.75. The van der Waals surface area contributed by atoms with Gasteiger partial charge in [-0.1, -0.05) is 18.2 Å². The van der Waals surface area contributed by atoms with Crippen molar-refractivity contribution in [2.75, 3.05) is 0 Å². The van der Waals surface area contributed by atoms with Crippen LogP contribution in [-0.2, 0) is 0 Å². The van der Waals surface area contributed by atoms with Crippen molar-refractivity contribution < 1.29 is 0 Å². The maximum Gasteiger partial charge on any atom is 0.273 e. The van der Waals surface area contributed by atoms with Crippen molar-refractivity contribution >= 4 is 33.5 Å². The number of para-hydroxylation sites is 1. The fraction of sp³-hybridized carbons (Fsp3) is 0. The monoisotopic (exact) mass is 403 g/mol. The lowest BCUT2D eigenvalue weighted by atomic mass is 10.1. The number of H-pyrrole nitrogens is 3. The summed E-state index contributed by atoms with van der Waals surface area (Å²) in [4.78, 5) is 15.5. The molecule has 0 fully saturated rings. The van der Waals surface area contributed by atoms with Gasteiger partial charge in [0.25, 0.3) is 5.56 Å². The van der Waals surface area contributed by atoms with E-state index in [1.165, 1.54) is 0 Å². The molecule has 0 aliphatic rings. The molecule has 0 saturated heterocycles. The zero-order valence-corrected chi connectivity index (χ0v) is 13.4. The third-order valence-electron chi connectivity index (χ3n) is 3.51. The first-order valence-electron chi connectivity index (χ1n) is 6.59. The molecule has 108 valence electrons. The van der Waals surface area contributed by atoms with Gasteiger partial charge in [0, 0.05) is 26.2 Å². The van der Waals surface area contributed by atoms with Crippen molar-refractivity contribution in [1.82, 2.24) is 25.4 Å². The SMILES string of the molecule is O=c1[nH]nc(-c2cn[nH]c2)cc1-c1[nH]c2ccccc2c1I. The number of aromatic amines is 3. The molecule has 0 unspecified atom stereocenters. The lowest BCUT2D eigenvalue weighted by Gasteiger charge is -2.01. The Labute approximate surface area is 138 Å². The summed E-state index contributed by atoms with van der Waals surface area (Å²) in [6.07, 6.45) is 3.40. The van der Waals surface area contributed by atoms with Crippen molar-refractivity contribution in [1.29, 1.82) is 0 Å². The maximum absolute atomic E-state index is 12.2. The Morgan fingerprint density at radius 2 is 2.05 bits per heavy atom. The van der Waals surface area contributed by atoms with Crippen LogP contribution in [0.15, 0.2) is 47.5 Å². The molecule has 0 bridgehead atoms. The predicted octanol–water partition coefficient (Wildman–Crippen LogP) is 2.91. The van der Waals surface area contributed by atoms with E-state index in [0.717, 1.165) is 25.7 Å². The highest BCUT2D eigenvalue weighted by atomic mass is 127. The number of hydrogen-bond donors (Lipinski definition) is 3. The smallest absolute Gasteiger partial charge is 0.273 e. The van der Waals surface area contributed by atoms with Gasteiger partial charge in [-0.05, 0) is 34.7 Å². The lowest BCUT2D eigenvalue weighted by Crippen LogP contribution is -2.11. The Hall–Kier alpha value is -2.42. The van der Waals surface area contributed by atoms with Crippen LogP contribution in [0.4, 0.5) is 0 Å². The fourth-order valence-corrected chi connectivity index (χ4v) is 3.32. The summed E-state index contributed by atoms with van der Waals surface area (Å²) in [5.74, 6) is 0. The Balaban J connectivity index is 1.96. The minimum atomic E-state index is -0.225. The van der Waals surface area contributed by atoms with E-state index in [1.54, 1.807) is 18.5 Å². The largest absolute Gasteiger partial charge is 0.353 e. The van der Waals surface area contributed by atoms with Crippen LogP contribution in [0.1, 0.15) is 0 Å². The molecule has 0 spiro atoms. The number of benzene rings is 1. The predicted molar refractivity (Wildman–Crippen MR) is 92.4 cm³/mol. The summed E-state index contributed by atoms with van der Waals surface area (Å²) in [7, 11) is 0. The van der Waals surface area contributed by atoms with E-state index in [1.807, 2.05) is 24.3 Å². The van der Waals surface area contributed by atoms with Gasteiger partial charge >= 0.3 is 0 Å². The van der Waals surface area contributed by atoms with Crippen LogP contribution >= 0.6 is 22.6 Å². The second-order valence-electron chi connectivity index (χ2n) is 4.84. The van der Waals surface area contributed by atoms with E-state index >= 15 is 0 Å². The van der Waals surface area contributed by atoms with Crippen molar-refractivity contribution in [3.8, 4) is 22.5 Å². The summed E-state index contributed by atoms with van der Waals surface area (Å²) in [6.45, 7) is 0. The highest BCUT2D eigenvalue weighted by molar-refractivity contribution is 14.1. The van der Waals surface area contributed by atoms with Gasteiger partial charge in [0.1, 0.15) is 0 Å². The van der Waals surface area contributed by atoms with Crippen LogP contribution < -0.4 is 5.56 Å². The average Bonchev–Trinajstić information content (AvgIpc) is 3.17. The maximum atomic E-state index is 12.2. The van der Waals surface area contributed by atoms with Crippen LogP contribution in [0.3, 0.4) is 0 Å². The van der Waals surface area contributed by atoms with Gasteiger partial charge in [-0.2, -0.15) is 10.2 Å². The van der Waals surface area contributed by atoms with Crippen molar-refractivity contribution in [2.45, 2.75) is 0 Å². The summed E-state index contributed by atoms with van der Waals surface area (Å²) >= 11 is 2.26. The van der Waals surface area contributed by atoms with Gasteiger partial charge in [-0.15, -0.1) is 0 Å². The molecule has 4 rings (SSSR count). The summed E-state index contributed by atoms with van der Waals surface area (Å²) < 4.78 is 1.02. The zero-order valence-electron chi connectivity index (χ0n) is 11.2. The first kappa shape index (κ1) is 13.3. The first-order chi connectivity index (χ1) is 10.7. The quantitative estimate of drug-likeness (QED) is 0.450. The van der Waals surface area contributed by atoms with E-state index in [2.05, 4.69) is 48.0 Å². The van der Waals surface area contributed by atoms with Gasteiger partial charge in [0.05, 0.1) is 23.1 Å². The first-order valence-corrected chi connectivity index (χ1v) is 7.67. The molecule has 1 aromatic carbocycles. The molecule has 0 amide bonds. The van der Waals surface area contributed by atoms with Crippen LogP contribution in [0.5, 0.6) is 0 Å². The Bertz CT molecular complexity index is 1020. The number of rotatable bonds is 2. The standard InChI is InChI=1S/C15H10IN5O/c16-13-9-3-1-2-4-11(9)19-14(13)10-5-12(20-21-15(10)22)8-6-17-18-7-8/h1-7,19H,(H,17,18)(H,21,22). The van der Waals surface area contributed by atoms with Gasteiger partial charge in [0.15, 0.2) is 0 Å². The molecule has 22 heavy (non-hydrogen) atoms. The minimum absolute atomic E-state index is 0.225. The number of nitrogens with one attached hydrogen (secondary N) is 3. The number of halogens is 1. The van der Waals surface area contributed by atoms with Crippen molar-refractivity contribution in [3.05, 3.63) is 56.6 Å². The van der Waals surface area contributed by atoms with E-state index in [0.29, 0.717) is 11.3 Å². The second-order valence-corrected chi connectivity index (χ2v) is 5.92. The molecule has 3 N–H and O–H groups in total. The number of aromatic nitrogens is 5. The molecule has 3 aromatic heterocycles. The van der Waals surface area contributed by atoms with Crippen LogP contribution in [0.2, 0.25) is 0 Å². The number of nitrogens with zero attached hydrogens (tertiary/aromatic N) is 2. The third kappa shape index (κ3) is 2.05. The van der Waals surface area contributed by atoms with E-state index in [-0.39, 0.29) is 5.56 Å². The molecule has 0 saturated carbocycles. The topological polar surface area (TPSA) is 90.2 Å². The summed E-state index contributed by atoms with van der Waals surface area (Å²) in [5.41, 5.74) is 3.63. The second kappa shape index (κ2) is 5.09. The molecule has 0 atom stereocenters. The van der Waals surface area contributed by atoms with Gasteiger partial charge in [-0.25, -0.2) is 5.10 Å². The molecule has 7 heteroatoms. The van der Waals surface area contributed by atoms with Crippen molar-refractivity contribution in [3.63, 3.8) is 0 Å². The number of fused-ring (bicyclic) bond motifs is 1. The fourth-order valence-electron chi connectivity index (χ4n) is 2.42. The van der Waals surface area contributed by atoms with Crippen LogP contribution in [0.25, 0.3) is 33.4 Å². The van der Waals surface area contributed by atoms with Crippen LogP contribution in [0, 0.1) is 3.57 Å². The number of hydrogen-bond acceptors (Lipinski definition) is 3. The molecule has 0 aliphatic heterocycles. The molecule has 4 aromatic rings. The summed E-state index contributed by atoms with van der Waals surface area (Å²) in [5, 5.41) is 14.4. The van der Waals surface area contributed by atoms with Gasteiger partial charge < -0.3 is 4.98 Å². The molecule has 0 radical (unpaired) electrons. The Morgan fingerprint density at radius 3 is 2.82 bits per heavy atom. The Morgan fingerprint density at radius 1 is 1.18 bits per heavy atom. The van der Waals surface area contributed by atoms with Gasteiger partial charge in [-0.3, -0.25) is 9.89 Å². The highest BCUT2D eigenvalue weighted by Crippen LogP contribution is 2.30. The van der Waals surface area contributed by atoms with E-state index in [4.69, 9.17) is 0 Å². The highest BCUT2D eigenvalue weighted by Gasteiger charge is 2.15. The molecule has 0 aliphatic carbocycles. The molecule has 3 heterocycles. The molecular weight excluding hydrogens is 393 g/mol. The third-order valence-corrected chi connectivity index (χ3v) is 4.63. The molecule has 6 nitrogen and oxygen atoms in total. The average molecular weight is 403 g/mol. The van der Waals surface area contributed by atoms with Crippen LogP contribution in [-0.4, -0.2) is 25.4 Å². The molecular formula is C15H10IN5O. The zero-order chi connectivity index (χ0) is 15.1. The van der Waals surface area contributed by atoms with E-state index < -0.39 is 0 Å². The van der Waals surface area contributed by atoms with Crippen molar-refractivity contribution in [2.24, 2.45) is 0 Å². The lowest BCUT2D eigenvalue weighted by molar-refractivity contribution is 0.996. The normalized spacial score (nSPS) is 11.1. The van der Waals surface area contributed by atoms with E-state index in [9.17, 15) is 4.79 Å². The van der Waals surface area contributed by atoms with Gasteiger partial charge in [0.2, 0.25) is 0 Å². The Kier molecular flexibility index (Phi) is 3.07.